The molecule has 0 fully saturated rings. The molecule has 24 heteroatoms. The number of anilines is 1. The molecule has 3 amide bonds. The number of sulfone groups is 1. The molecule has 4 heterocycles. The van der Waals surface area contributed by atoms with E-state index in [1.54, 1.807) is 52.3 Å². The number of aliphatic imine (C=N–C) groups is 1. The number of halogens is 7. The number of aromatic nitrogens is 3. The molecule has 1 unspecified atom stereocenters. The van der Waals surface area contributed by atoms with E-state index < -0.39 is 67.7 Å². The molecule has 2 aliphatic heterocycles. The van der Waals surface area contributed by atoms with E-state index in [0.717, 1.165) is 12.6 Å². The van der Waals surface area contributed by atoms with Crippen molar-refractivity contribution >= 4 is 67.5 Å². The van der Waals surface area contributed by atoms with Crippen molar-refractivity contribution in [2.75, 3.05) is 19.4 Å². The Hall–Kier alpha value is -5.09. The molecule has 2 aromatic heterocycles. The molecule has 16 nitrogen and oxygen atoms in total. The standard InChI is InChI=1S/C14H17N3O3.C12H14F5N3O4S.C9H10Cl2N2O/c1-7(2)14(4)13(20)16-11(17-14)10-9(12(18)19)5-8(3)6-15-10;1-11(2)4-7(19-24-11)25(21,22)5-6-8(12(15,16)17)18-20(3)9(6)23-10(13)14;1-13(2)9(14)12-6-3-4-7(10)8(11)5-6/h5-7H,1-4H3,(H,18,19)(H,16,17,20);10H,4-5H2,1-3H3;3-5H,1-2H3,(H,12,14). The van der Waals surface area contributed by atoms with Crippen molar-refractivity contribution in [1.82, 2.24) is 25.0 Å². The molecule has 0 bridgehead atoms. The molecule has 0 aliphatic carbocycles. The Balaban J connectivity index is 0.000000246. The normalized spacial score (nSPS) is 17.2. The Morgan fingerprint density at radius 3 is 2.24 bits per heavy atom. The Morgan fingerprint density at radius 1 is 1.14 bits per heavy atom. The van der Waals surface area contributed by atoms with Crippen molar-refractivity contribution in [2.45, 2.75) is 77.6 Å². The number of amidine groups is 1. The van der Waals surface area contributed by atoms with E-state index in [0.29, 0.717) is 20.4 Å². The molecule has 59 heavy (non-hydrogen) atoms. The lowest BCUT2D eigenvalue weighted by molar-refractivity contribution is -0.142. The molecule has 3 aromatic rings. The molecule has 0 saturated heterocycles. The van der Waals surface area contributed by atoms with Crippen molar-refractivity contribution in [3.05, 3.63) is 68.6 Å². The number of ether oxygens (including phenoxy) is 1. The van der Waals surface area contributed by atoms with Gasteiger partial charge in [-0.1, -0.05) is 42.2 Å². The van der Waals surface area contributed by atoms with Crippen LogP contribution in [0.1, 0.15) is 73.9 Å². The zero-order chi connectivity index (χ0) is 45.0. The van der Waals surface area contributed by atoms with Gasteiger partial charge in [0.1, 0.15) is 16.8 Å². The van der Waals surface area contributed by atoms with Gasteiger partial charge in [-0.15, -0.1) is 0 Å². The van der Waals surface area contributed by atoms with Crippen LogP contribution in [-0.2, 0) is 38.4 Å². The van der Waals surface area contributed by atoms with Crippen LogP contribution in [-0.4, -0.2) is 93.8 Å². The summed E-state index contributed by atoms with van der Waals surface area (Å²) in [4.78, 5) is 49.4. The quantitative estimate of drug-likeness (QED) is 0.199. The first-order valence-corrected chi connectivity index (χ1v) is 19.5. The SMILES string of the molecule is CN(C)C(=O)Nc1ccc(Cl)c(Cl)c1.Cc1cnc(C2=NC(C)(C(C)C)C(=O)N2)c(C(=O)O)c1.Cn1nc(C(F)(F)F)c(CS(=O)(=O)C2=NOC(C)(C)C2)c1OC(F)F. The molecule has 2 aliphatic rings. The van der Waals surface area contributed by atoms with Crippen molar-refractivity contribution in [2.24, 2.45) is 23.1 Å². The molecule has 1 aromatic carbocycles. The molecule has 0 saturated carbocycles. The molecule has 1 atom stereocenters. The van der Waals surface area contributed by atoms with Gasteiger partial charge >= 0.3 is 24.8 Å². The number of alkyl halides is 5. The summed E-state index contributed by atoms with van der Waals surface area (Å²) >= 11 is 11.5. The van der Waals surface area contributed by atoms with Crippen LogP contribution in [0.4, 0.5) is 32.4 Å². The van der Waals surface area contributed by atoms with Gasteiger partial charge < -0.3 is 30.2 Å². The monoisotopic (exact) mass is 898 g/mol. The largest absolute Gasteiger partial charge is 0.478 e. The van der Waals surface area contributed by atoms with Gasteiger partial charge in [0.25, 0.3) is 5.91 Å². The van der Waals surface area contributed by atoms with Crippen LogP contribution in [0.25, 0.3) is 0 Å². The van der Waals surface area contributed by atoms with Gasteiger partial charge in [0, 0.05) is 39.4 Å². The number of carbonyl (C=O) groups excluding carboxylic acids is 2. The number of rotatable bonds is 8. The third-order valence-corrected chi connectivity index (χ3v) is 10.8. The number of hydrogen-bond donors (Lipinski definition) is 3. The summed E-state index contributed by atoms with van der Waals surface area (Å²) in [5.74, 6) is -3.34. The van der Waals surface area contributed by atoms with Gasteiger partial charge in [0.05, 0.1) is 26.9 Å². The predicted octanol–water partition coefficient (Wildman–Crippen LogP) is 6.93. The fourth-order valence-electron chi connectivity index (χ4n) is 4.96. The molecule has 0 radical (unpaired) electrons. The number of carboxylic acids is 1. The summed E-state index contributed by atoms with van der Waals surface area (Å²) in [6.07, 6.45) is -3.66. The summed E-state index contributed by atoms with van der Waals surface area (Å²) < 4.78 is 93.4. The highest BCUT2D eigenvalue weighted by atomic mass is 35.5. The molecule has 3 N–H and O–H groups in total. The average Bonchev–Trinajstić information content (AvgIpc) is 3.75. The topological polar surface area (TPSA) is 207 Å². The number of nitrogens with one attached hydrogen (secondary N) is 2. The van der Waals surface area contributed by atoms with Gasteiger partial charge in [-0.05, 0) is 63.4 Å². The number of urea groups is 1. The van der Waals surface area contributed by atoms with Crippen LogP contribution in [0, 0.1) is 12.8 Å². The summed E-state index contributed by atoms with van der Waals surface area (Å²) in [6.45, 7) is 6.90. The summed E-state index contributed by atoms with van der Waals surface area (Å²) in [5, 5.41) is 21.4. The van der Waals surface area contributed by atoms with E-state index in [1.807, 2.05) is 13.8 Å². The molecule has 324 valence electrons. The number of amides is 3. The third kappa shape index (κ3) is 12.2. The van der Waals surface area contributed by atoms with Gasteiger partial charge in [-0.2, -0.15) is 27.1 Å². The van der Waals surface area contributed by atoms with Crippen LogP contribution < -0.4 is 15.4 Å². The van der Waals surface area contributed by atoms with Gasteiger partial charge in [-0.25, -0.2) is 27.7 Å². The first-order chi connectivity index (χ1) is 27.0. The summed E-state index contributed by atoms with van der Waals surface area (Å²) in [5.41, 5.74) is -2.86. The highest BCUT2D eigenvalue weighted by Gasteiger charge is 2.44. The zero-order valence-corrected chi connectivity index (χ0v) is 35.3. The van der Waals surface area contributed by atoms with E-state index in [9.17, 15) is 49.9 Å². The number of carboxylic acid groups (broad SMARTS) is 1. The second kappa shape index (κ2) is 18.4. The first-order valence-electron chi connectivity index (χ1n) is 17.1. The smallest absolute Gasteiger partial charge is 0.435 e. The van der Waals surface area contributed by atoms with Crippen molar-refractivity contribution in [3.63, 3.8) is 0 Å². The van der Waals surface area contributed by atoms with E-state index in [4.69, 9.17) is 28.0 Å². The Labute approximate surface area is 345 Å². The van der Waals surface area contributed by atoms with Crippen molar-refractivity contribution in [1.29, 1.82) is 0 Å². The number of nitrogens with zero attached hydrogens (tertiary/aromatic N) is 6. The van der Waals surface area contributed by atoms with E-state index >= 15 is 0 Å². The maximum absolute atomic E-state index is 13.1. The number of carbonyl (C=O) groups is 3. The van der Waals surface area contributed by atoms with Crippen molar-refractivity contribution < 1.29 is 59.4 Å². The Morgan fingerprint density at radius 2 is 1.76 bits per heavy atom. The van der Waals surface area contributed by atoms with E-state index in [2.05, 4.69) is 35.6 Å². The van der Waals surface area contributed by atoms with Crippen LogP contribution in [0.5, 0.6) is 5.88 Å². The number of oxime groups is 1. The summed E-state index contributed by atoms with van der Waals surface area (Å²) in [7, 11) is -0.113. The minimum atomic E-state index is -5.06. The van der Waals surface area contributed by atoms with E-state index in [1.165, 1.54) is 24.8 Å². The maximum Gasteiger partial charge on any atom is 0.435 e. The van der Waals surface area contributed by atoms with Crippen molar-refractivity contribution in [3.8, 4) is 5.88 Å². The molecular formula is C35H41Cl2F5N8O8S. The Bertz CT molecular complexity index is 2270. The number of benzene rings is 1. The second-order valence-electron chi connectivity index (χ2n) is 14.3. The fourth-order valence-corrected chi connectivity index (χ4v) is 6.79. The third-order valence-electron chi connectivity index (χ3n) is 8.44. The van der Waals surface area contributed by atoms with Gasteiger partial charge in [0.15, 0.2) is 26.4 Å². The number of hydrogen-bond acceptors (Lipinski definition) is 11. The highest BCUT2D eigenvalue weighted by molar-refractivity contribution is 8.05. The van der Waals surface area contributed by atoms with Crippen LogP contribution in [0.2, 0.25) is 10.0 Å². The second-order valence-corrected chi connectivity index (χ2v) is 17.1. The van der Waals surface area contributed by atoms with Crippen LogP contribution >= 0.6 is 23.2 Å². The lowest BCUT2D eigenvalue weighted by atomic mass is 9.89. The number of pyridine rings is 1. The fraction of sp³-hybridized carbons (Fsp3) is 0.457. The molecule has 5 rings (SSSR count). The number of aryl methyl sites for hydroxylation is 2. The Kier molecular flexibility index (Phi) is 15.1. The van der Waals surface area contributed by atoms with Gasteiger partial charge in [0.2, 0.25) is 5.88 Å². The van der Waals surface area contributed by atoms with E-state index in [-0.39, 0.29) is 41.4 Å². The lowest BCUT2D eigenvalue weighted by Crippen LogP contribution is -2.41. The minimum absolute atomic E-state index is 0.00118. The number of aromatic carboxylic acids is 1. The zero-order valence-electron chi connectivity index (χ0n) is 33.0. The first kappa shape index (κ1) is 48.3. The predicted molar refractivity (Wildman–Crippen MR) is 208 cm³/mol. The minimum Gasteiger partial charge on any atom is -0.478 e. The molecular weight excluding hydrogens is 858 g/mol. The molecule has 0 spiro atoms. The summed E-state index contributed by atoms with van der Waals surface area (Å²) in [6, 6.07) is 6.24. The van der Waals surface area contributed by atoms with Gasteiger partial charge in [-0.3, -0.25) is 9.78 Å². The maximum atomic E-state index is 13.1. The lowest BCUT2D eigenvalue weighted by Gasteiger charge is -2.21. The highest BCUT2D eigenvalue weighted by Crippen LogP contribution is 2.38. The average molecular weight is 900 g/mol. The van der Waals surface area contributed by atoms with Crippen LogP contribution in [0.15, 0.2) is 40.6 Å². The van der Waals surface area contributed by atoms with Crippen LogP contribution in [0.3, 0.4) is 0 Å².